The second-order valence-electron chi connectivity index (χ2n) is 5.55. The van der Waals surface area contributed by atoms with Crippen molar-refractivity contribution in [3.05, 3.63) is 77.4 Å². The van der Waals surface area contributed by atoms with Gasteiger partial charge in [0.2, 0.25) is 0 Å². The lowest BCUT2D eigenvalue weighted by Crippen LogP contribution is -1.98. The molecule has 0 aliphatic heterocycles. The molecular formula is C21H20O4. The first-order valence-electron chi connectivity index (χ1n) is 7.67. The fourth-order valence-corrected chi connectivity index (χ4v) is 2.24. The number of phenolic OH excluding ortho intramolecular Hbond substituents is 2. The van der Waals surface area contributed by atoms with Crippen LogP contribution in [0.15, 0.2) is 60.7 Å². The van der Waals surface area contributed by atoms with Gasteiger partial charge in [0.05, 0.1) is 18.2 Å². The average Bonchev–Trinajstić information content (AvgIpc) is 2.58. The van der Waals surface area contributed by atoms with Gasteiger partial charge in [0.25, 0.3) is 0 Å². The van der Waals surface area contributed by atoms with Crippen molar-refractivity contribution in [2.24, 2.45) is 0 Å². The van der Waals surface area contributed by atoms with Crippen LogP contribution in [0, 0.1) is 0 Å². The van der Waals surface area contributed by atoms with Crippen molar-refractivity contribution in [2.45, 2.75) is 6.92 Å². The topological polar surface area (TPSA) is 66.8 Å². The molecule has 4 heteroatoms. The van der Waals surface area contributed by atoms with Crippen molar-refractivity contribution in [1.82, 2.24) is 0 Å². The Morgan fingerprint density at radius 3 is 2.52 bits per heavy atom. The van der Waals surface area contributed by atoms with E-state index in [0.717, 1.165) is 5.57 Å². The fraction of sp³-hybridized carbons (Fsp3) is 0.0952. The van der Waals surface area contributed by atoms with Gasteiger partial charge < -0.3 is 14.9 Å². The third-order valence-corrected chi connectivity index (χ3v) is 3.49. The number of aromatic hydroxyl groups is 2. The van der Waals surface area contributed by atoms with Crippen LogP contribution in [0.3, 0.4) is 0 Å². The van der Waals surface area contributed by atoms with E-state index in [1.807, 2.05) is 6.92 Å². The van der Waals surface area contributed by atoms with Gasteiger partial charge in [-0.15, -0.1) is 0 Å². The first kappa shape index (κ1) is 18.1. The summed E-state index contributed by atoms with van der Waals surface area (Å²) in [5.41, 5.74) is 2.08. The summed E-state index contributed by atoms with van der Waals surface area (Å²) in [6.07, 6.45) is 6.32. The number of carbonyl (C=O) groups excluding carboxylic acids is 1. The van der Waals surface area contributed by atoms with Crippen molar-refractivity contribution in [1.29, 1.82) is 0 Å². The van der Waals surface area contributed by atoms with Gasteiger partial charge >= 0.3 is 0 Å². The van der Waals surface area contributed by atoms with E-state index in [-0.39, 0.29) is 22.8 Å². The fourth-order valence-electron chi connectivity index (χ4n) is 2.24. The lowest BCUT2D eigenvalue weighted by atomic mass is 10.0. The van der Waals surface area contributed by atoms with Crippen molar-refractivity contribution >= 4 is 17.9 Å². The van der Waals surface area contributed by atoms with Crippen LogP contribution in [0.5, 0.6) is 17.2 Å². The third-order valence-electron chi connectivity index (χ3n) is 3.49. The number of phenols is 2. The Morgan fingerprint density at radius 2 is 1.88 bits per heavy atom. The number of carbonyl (C=O) groups is 1. The number of rotatable bonds is 6. The summed E-state index contributed by atoms with van der Waals surface area (Å²) in [4.78, 5) is 12.4. The molecule has 0 aliphatic rings. The lowest BCUT2D eigenvalue weighted by Gasteiger charge is -2.10. The van der Waals surface area contributed by atoms with Gasteiger partial charge in [-0.25, -0.2) is 0 Å². The number of benzene rings is 2. The second kappa shape index (κ2) is 8.02. The minimum Gasteiger partial charge on any atom is -0.508 e. The molecule has 0 aromatic heterocycles. The number of allylic oxidation sites excluding steroid dienone is 3. The standard InChI is InChI=1S/C21H20O4/c1-14(2)7-9-18-20(25-3)12-10-17(21(18)24)19(23)11-8-15-5-4-6-16(22)13-15/h4-13,22,24H,1H2,2-3H3. The average molecular weight is 336 g/mol. The molecule has 0 heterocycles. The van der Waals surface area contributed by atoms with Gasteiger partial charge in [-0.3, -0.25) is 4.79 Å². The molecule has 0 saturated heterocycles. The molecule has 0 radical (unpaired) electrons. The number of hydrogen-bond acceptors (Lipinski definition) is 4. The largest absolute Gasteiger partial charge is 0.508 e. The zero-order valence-electron chi connectivity index (χ0n) is 14.2. The summed E-state index contributed by atoms with van der Waals surface area (Å²) >= 11 is 0. The van der Waals surface area contributed by atoms with Crippen LogP contribution >= 0.6 is 0 Å². The summed E-state index contributed by atoms with van der Waals surface area (Å²) in [5, 5.41) is 19.9. The molecule has 25 heavy (non-hydrogen) atoms. The molecule has 128 valence electrons. The predicted octanol–water partition coefficient (Wildman–Crippen LogP) is 4.59. The molecule has 0 spiro atoms. The molecule has 0 unspecified atom stereocenters. The predicted molar refractivity (Wildman–Crippen MR) is 100.0 cm³/mol. The van der Waals surface area contributed by atoms with E-state index in [9.17, 15) is 15.0 Å². The molecule has 0 amide bonds. The molecule has 2 aromatic rings. The SMILES string of the molecule is C=C(C)C=Cc1c(OC)ccc(C(=O)C=Cc2cccc(O)c2)c1O. The summed E-state index contributed by atoms with van der Waals surface area (Å²) in [6, 6.07) is 9.69. The molecule has 4 nitrogen and oxygen atoms in total. The molecule has 2 rings (SSSR count). The van der Waals surface area contributed by atoms with Gasteiger partial charge in [-0.2, -0.15) is 0 Å². The highest BCUT2D eigenvalue weighted by Crippen LogP contribution is 2.33. The Labute approximate surface area is 147 Å². The van der Waals surface area contributed by atoms with E-state index in [4.69, 9.17) is 4.74 Å². The maximum absolute atomic E-state index is 12.4. The molecule has 2 aromatic carbocycles. The second-order valence-corrected chi connectivity index (χ2v) is 5.55. The zero-order valence-corrected chi connectivity index (χ0v) is 14.2. The monoisotopic (exact) mass is 336 g/mol. The lowest BCUT2D eigenvalue weighted by molar-refractivity contribution is 0.104. The Balaban J connectivity index is 2.36. The molecule has 0 atom stereocenters. The summed E-state index contributed by atoms with van der Waals surface area (Å²) in [7, 11) is 1.50. The first-order valence-corrected chi connectivity index (χ1v) is 7.67. The van der Waals surface area contributed by atoms with Gasteiger partial charge in [0, 0.05) is 0 Å². The third kappa shape index (κ3) is 4.61. The smallest absolute Gasteiger partial charge is 0.189 e. The number of ether oxygens (including phenoxy) is 1. The van der Waals surface area contributed by atoms with Crippen LogP contribution in [-0.4, -0.2) is 23.1 Å². The van der Waals surface area contributed by atoms with Crippen LogP contribution < -0.4 is 4.74 Å². The zero-order chi connectivity index (χ0) is 18.4. The molecular weight excluding hydrogens is 316 g/mol. The Bertz CT molecular complexity index is 860. The number of hydrogen-bond donors (Lipinski definition) is 2. The molecule has 2 N–H and O–H groups in total. The maximum Gasteiger partial charge on any atom is 0.189 e. The van der Waals surface area contributed by atoms with Gasteiger partial charge in [0.15, 0.2) is 5.78 Å². The summed E-state index contributed by atoms with van der Waals surface area (Å²) in [5.74, 6) is 0.0773. The van der Waals surface area contributed by atoms with E-state index in [1.165, 1.54) is 19.3 Å². The van der Waals surface area contributed by atoms with E-state index in [0.29, 0.717) is 16.9 Å². The quantitative estimate of drug-likeness (QED) is 0.460. The van der Waals surface area contributed by atoms with Crippen LogP contribution in [0.4, 0.5) is 0 Å². The van der Waals surface area contributed by atoms with Crippen LogP contribution in [0.25, 0.3) is 12.2 Å². The number of methoxy groups -OCH3 is 1. The molecule has 0 bridgehead atoms. The summed E-state index contributed by atoms with van der Waals surface area (Å²) in [6.45, 7) is 5.60. The van der Waals surface area contributed by atoms with E-state index in [2.05, 4.69) is 6.58 Å². The van der Waals surface area contributed by atoms with E-state index < -0.39 is 0 Å². The van der Waals surface area contributed by atoms with Crippen molar-refractivity contribution in [2.75, 3.05) is 7.11 Å². The van der Waals surface area contributed by atoms with Gasteiger partial charge in [-0.1, -0.05) is 36.4 Å². The van der Waals surface area contributed by atoms with Crippen molar-refractivity contribution in [3.8, 4) is 17.2 Å². The van der Waals surface area contributed by atoms with Gasteiger partial charge in [0.1, 0.15) is 17.2 Å². The minimum absolute atomic E-state index is 0.120. The van der Waals surface area contributed by atoms with E-state index in [1.54, 1.807) is 48.6 Å². The normalized spacial score (nSPS) is 11.1. The Hall–Kier alpha value is -3.27. The first-order chi connectivity index (χ1) is 11.9. The minimum atomic E-state index is -0.353. The van der Waals surface area contributed by atoms with Crippen molar-refractivity contribution < 1.29 is 19.7 Å². The van der Waals surface area contributed by atoms with Crippen LogP contribution in [0.2, 0.25) is 0 Å². The molecule has 0 fully saturated rings. The van der Waals surface area contributed by atoms with Crippen LogP contribution in [-0.2, 0) is 0 Å². The number of ketones is 1. The highest BCUT2D eigenvalue weighted by atomic mass is 16.5. The Morgan fingerprint density at radius 1 is 1.12 bits per heavy atom. The highest BCUT2D eigenvalue weighted by Gasteiger charge is 2.15. The summed E-state index contributed by atoms with van der Waals surface area (Å²) < 4.78 is 5.24. The highest BCUT2D eigenvalue weighted by molar-refractivity contribution is 6.09. The van der Waals surface area contributed by atoms with Gasteiger partial charge in [-0.05, 0) is 48.9 Å². The molecule has 0 aliphatic carbocycles. The maximum atomic E-state index is 12.4. The van der Waals surface area contributed by atoms with Crippen LogP contribution in [0.1, 0.15) is 28.4 Å². The van der Waals surface area contributed by atoms with Crippen molar-refractivity contribution in [3.63, 3.8) is 0 Å². The van der Waals surface area contributed by atoms with E-state index >= 15 is 0 Å². The molecule has 0 saturated carbocycles. The Kier molecular flexibility index (Phi) is 5.79.